The van der Waals surface area contributed by atoms with Gasteiger partial charge in [0.1, 0.15) is 0 Å². The Balaban J connectivity index is 2.02. The second-order valence-corrected chi connectivity index (χ2v) is 6.55. The fraction of sp³-hybridized carbons (Fsp3) is 0.786. The van der Waals surface area contributed by atoms with Gasteiger partial charge in [0.2, 0.25) is 0 Å². The number of thiazole rings is 1. The summed E-state index contributed by atoms with van der Waals surface area (Å²) in [5.41, 5.74) is 1.19. The van der Waals surface area contributed by atoms with E-state index in [1.807, 2.05) is 11.3 Å². The van der Waals surface area contributed by atoms with Gasteiger partial charge >= 0.3 is 0 Å². The van der Waals surface area contributed by atoms with Crippen molar-refractivity contribution < 1.29 is 0 Å². The van der Waals surface area contributed by atoms with Crippen LogP contribution in [0.5, 0.6) is 0 Å². The molecule has 0 aliphatic carbocycles. The van der Waals surface area contributed by atoms with Gasteiger partial charge in [0.25, 0.3) is 0 Å². The molecule has 1 atom stereocenters. The molecular formula is C14H26N4S. The summed E-state index contributed by atoms with van der Waals surface area (Å²) < 4.78 is 0. The van der Waals surface area contributed by atoms with Gasteiger partial charge in [-0.05, 0) is 33.9 Å². The Morgan fingerprint density at radius 3 is 2.89 bits per heavy atom. The molecule has 1 saturated heterocycles. The molecule has 19 heavy (non-hydrogen) atoms. The average Bonchev–Trinajstić information content (AvgIpc) is 2.71. The Hall–Kier alpha value is -0.650. The number of aromatic nitrogens is 1. The lowest BCUT2D eigenvalue weighted by atomic mass is 10.2. The molecule has 0 radical (unpaired) electrons. The van der Waals surface area contributed by atoms with E-state index in [0.717, 1.165) is 32.7 Å². The number of aryl methyl sites for hydroxylation is 1. The zero-order chi connectivity index (χ0) is 13.8. The standard InChI is InChI=1S/C14H26N4S/c1-5-6-15-9-13-12(3)16-14(19-13)18-8-7-17(4)10-11(18)2/h11,15H,5-10H2,1-4H3. The molecule has 1 N–H and O–H groups in total. The number of piperazine rings is 1. The zero-order valence-corrected chi connectivity index (χ0v) is 13.4. The molecule has 2 rings (SSSR count). The van der Waals surface area contributed by atoms with E-state index in [0.29, 0.717) is 6.04 Å². The zero-order valence-electron chi connectivity index (χ0n) is 12.6. The molecule has 1 aromatic rings. The van der Waals surface area contributed by atoms with Crippen molar-refractivity contribution in [2.24, 2.45) is 0 Å². The van der Waals surface area contributed by atoms with Gasteiger partial charge in [-0.15, -0.1) is 11.3 Å². The van der Waals surface area contributed by atoms with Crippen LogP contribution in [0.1, 0.15) is 30.8 Å². The van der Waals surface area contributed by atoms with Gasteiger partial charge in [-0.25, -0.2) is 4.98 Å². The molecule has 1 aliphatic heterocycles. The summed E-state index contributed by atoms with van der Waals surface area (Å²) in [5.74, 6) is 0. The average molecular weight is 282 g/mol. The third-order valence-electron chi connectivity index (χ3n) is 3.67. The van der Waals surface area contributed by atoms with Crippen molar-refractivity contribution in [1.82, 2.24) is 15.2 Å². The van der Waals surface area contributed by atoms with E-state index in [1.54, 1.807) is 0 Å². The van der Waals surface area contributed by atoms with Crippen LogP contribution in [0.3, 0.4) is 0 Å². The summed E-state index contributed by atoms with van der Waals surface area (Å²) >= 11 is 1.86. The summed E-state index contributed by atoms with van der Waals surface area (Å²) in [6.07, 6.45) is 1.18. The number of nitrogens with zero attached hydrogens (tertiary/aromatic N) is 3. The maximum Gasteiger partial charge on any atom is 0.186 e. The van der Waals surface area contributed by atoms with Gasteiger partial charge in [0.05, 0.1) is 5.69 Å². The van der Waals surface area contributed by atoms with Gasteiger partial charge in [-0.1, -0.05) is 6.92 Å². The van der Waals surface area contributed by atoms with Crippen LogP contribution in [0.25, 0.3) is 0 Å². The monoisotopic (exact) mass is 282 g/mol. The van der Waals surface area contributed by atoms with Crippen molar-refractivity contribution in [2.45, 2.75) is 39.8 Å². The lowest BCUT2D eigenvalue weighted by Gasteiger charge is -2.38. The third-order valence-corrected chi connectivity index (χ3v) is 4.86. The van der Waals surface area contributed by atoms with E-state index in [2.05, 4.69) is 42.9 Å². The van der Waals surface area contributed by atoms with Crippen LogP contribution < -0.4 is 10.2 Å². The first kappa shape index (κ1) is 14.8. The fourth-order valence-electron chi connectivity index (χ4n) is 2.50. The third kappa shape index (κ3) is 3.68. The first-order valence-electron chi connectivity index (χ1n) is 7.24. The summed E-state index contributed by atoms with van der Waals surface area (Å²) in [7, 11) is 2.20. The van der Waals surface area contributed by atoms with E-state index < -0.39 is 0 Å². The van der Waals surface area contributed by atoms with E-state index in [1.165, 1.54) is 22.1 Å². The van der Waals surface area contributed by atoms with Gasteiger partial charge in [0.15, 0.2) is 5.13 Å². The molecule has 1 fully saturated rings. The van der Waals surface area contributed by atoms with Crippen LogP contribution in [-0.2, 0) is 6.54 Å². The van der Waals surface area contributed by atoms with Crippen molar-refractivity contribution in [3.05, 3.63) is 10.6 Å². The SMILES string of the molecule is CCCNCc1sc(N2CCN(C)CC2C)nc1C. The quantitative estimate of drug-likeness (QED) is 0.838. The Labute approximate surface area is 120 Å². The number of hydrogen-bond acceptors (Lipinski definition) is 5. The topological polar surface area (TPSA) is 31.4 Å². The molecule has 0 bridgehead atoms. The molecule has 1 aromatic heterocycles. The van der Waals surface area contributed by atoms with E-state index in [4.69, 9.17) is 4.98 Å². The van der Waals surface area contributed by atoms with Crippen molar-refractivity contribution in [2.75, 3.05) is 38.1 Å². The first-order valence-corrected chi connectivity index (χ1v) is 8.05. The molecular weight excluding hydrogens is 256 g/mol. The first-order chi connectivity index (χ1) is 9.11. The van der Waals surface area contributed by atoms with E-state index in [9.17, 15) is 0 Å². The minimum Gasteiger partial charge on any atom is -0.343 e. The smallest absolute Gasteiger partial charge is 0.186 e. The van der Waals surface area contributed by atoms with Gasteiger partial charge in [-0.2, -0.15) is 0 Å². The maximum atomic E-state index is 4.77. The Morgan fingerprint density at radius 2 is 2.21 bits per heavy atom. The number of hydrogen-bond donors (Lipinski definition) is 1. The highest BCUT2D eigenvalue weighted by atomic mass is 32.1. The second kappa shape index (κ2) is 6.68. The van der Waals surface area contributed by atoms with Crippen molar-refractivity contribution in [1.29, 1.82) is 0 Å². The highest BCUT2D eigenvalue weighted by Crippen LogP contribution is 2.28. The molecule has 0 saturated carbocycles. The number of nitrogens with one attached hydrogen (secondary N) is 1. The number of anilines is 1. The molecule has 1 unspecified atom stereocenters. The molecule has 2 heterocycles. The second-order valence-electron chi connectivity index (χ2n) is 5.49. The maximum absolute atomic E-state index is 4.77. The van der Waals surface area contributed by atoms with Crippen LogP contribution in [0, 0.1) is 6.92 Å². The Morgan fingerprint density at radius 1 is 1.42 bits per heavy atom. The van der Waals surface area contributed by atoms with Gasteiger partial charge in [-0.3, -0.25) is 0 Å². The van der Waals surface area contributed by atoms with Crippen LogP contribution in [-0.4, -0.2) is 49.2 Å². The number of rotatable bonds is 5. The molecule has 5 heteroatoms. The predicted octanol–water partition coefficient (Wildman–Crippen LogP) is 2.09. The summed E-state index contributed by atoms with van der Waals surface area (Å²) in [6, 6.07) is 0.556. The van der Waals surface area contributed by atoms with Crippen molar-refractivity contribution >= 4 is 16.5 Å². The van der Waals surface area contributed by atoms with Crippen LogP contribution >= 0.6 is 11.3 Å². The molecule has 1 aliphatic rings. The Kier molecular flexibility index (Phi) is 5.19. The highest BCUT2D eigenvalue weighted by Gasteiger charge is 2.24. The molecule has 108 valence electrons. The van der Waals surface area contributed by atoms with E-state index in [-0.39, 0.29) is 0 Å². The largest absolute Gasteiger partial charge is 0.343 e. The van der Waals surface area contributed by atoms with Gasteiger partial charge in [0, 0.05) is 37.1 Å². The minimum atomic E-state index is 0.556. The molecule has 0 amide bonds. The fourth-order valence-corrected chi connectivity index (χ4v) is 3.66. The van der Waals surface area contributed by atoms with Crippen molar-refractivity contribution in [3.63, 3.8) is 0 Å². The molecule has 0 aromatic carbocycles. The Bertz CT molecular complexity index is 404. The van der Waals surface area contributed by atoms with Crippen LogP contribution in [0.2, 0.25) is 0 Å². The highest BCUT2D eigenvalue weighted by molar-refractivity contribution is 7.15. The van der Waals surface area contributed by atoms with Gasteiger partial charge < -0.3 is 15.1 Å². The summed E-state index contributed by atoms with van der Waals surface area (Å²) in [5, 5.41) is 4.67. The lowest BCUT2D eigenvalue weighted by Crippen LogP contribution is -2.50. The summed E-state index contributed by atoms with van der Waals surface area (Å²) in [6.45, 7) is 12.0. The van der Waals surface area contributed by atoms with Crippen molar-refractivity contribution in [3.8, 4) is 0 Å². The summed E-state index contributed by atoms with van der Waals surface area (Å²) in [4.78, 5) is 11.0. The normalized spacial score (nSPS) is 21.1. The lowest BCUT2D eigenvalue weighted by molar-refractivity contribution is 0.275. The predicted molar refractivity (Wildman–Crippen MR) is 83.2 cm³/mol. The van der Waals surface area contributed by atoms with Crippen LogP contribution in [0.15, 0.2) is 0 Å². The molecule has 0 spiro atoms. The molecule has 4 nitrogen and oxygen atoms in total. The number of likely N-dealkylation sites (N-methyl/N-ethyl adjacent to an activating group) is 1. The van der Waals surface area contributed by atoms with E-state index >= 15 is 0 Å². The van der Waals surface area contributed by atoms with Crippen LogP contribution in [0.4, 0.5) is 5.13 Å². The minimum absolute atomic E-state index is 0.556.